The zero-order chi connectivity index (χ0) is 14.7. The minimum absolute atomic E-state index is 0. The Balaban J connectivity index is 0.00000361. The smallest absolute Gasteiger partial charge is 0.189 e. The van der Waals surface area contributed by atoms with Crippen LogP contribution in [0.4, 0.5) is 0 Å². The summed E-state index contributed by atoms with van der Waals surface area (Å²) in [5.74, 6) is 0.542. The van der Waals surface area contributed by atoms with E-state index >= 15 is 0 Å². The highest BCUT2D eigenvalue weighted by Crippen LogP contribution is 2.18. The van der Waals surface area contributed by atoms with Gasteiger partial charge in [-0.1, -0.05) is 0 Å². The van der Waals surface area contributed by atoms with E-state index in [2.05, 4.69) is 61.8 Å². The van der Waals surface area contributed by atoms with Gasteiger partial charge in [-0.05, 0) is 41.7 Å². The van der Waals surface area contributed by atoms with Crippen LogP contribution < -0.4 is 11.1 Å². The Morgan fingerprint density at radius 2 is 1.90 bits per heavy atom. The molecule has 1 heterocycles. The maximum atomic E-state index is 5.86. The highest BCUT2D eigenvalue weighted by Gasteiger charge is 2.30. The lowest BCUT2D eigenvalue weighted by Gasteiger charge is -2.45. The first-order chi connectivity index (χ1) is 8.60. The highest BCUT2D eigenvalue weighted by atomic mass is 127. The van der Waals surface area contributed by atoms with Gasteiger partial charge >= 0.3 is 0 Å². The van der Waals surface area contributed by atoms with Gasteiger partial charge in [0.1, 0.15) is 0 Å². The summed E-state index contributed by atoms with van der Waals surface area (Å²) in [6.07, 6.45) is 0. The van der Waals surface area contributed by atoms with E-state index < -0.39 is 0 Å². The normalized spacial score (nSPS) is 21.4. The fourth-order valence-electron chi connectivity index (χ4n) is 2.27. The minimum Gasteiger partial charge on any atom is -0.370 e. The first-order valence-electron chi connectivity index (χ1n) is 7.12. The van der Waals surface area contributed by atoms with E-state index in [0.717, 1.165) is 32.7 Å². The molecule has 5 nitrogen and oxygen atoms in total. The summed E-state index contributed by atoms with van der Waals surface area (Å²) >= 11 is 0. The molecular weight excluding hydrogens is 365 g/mol. The molecule has 6 heteroatoms. The van der Waals surface area contributed by atoms with Crippen molar-refractivity contribution in [3.05, 3.63) is 0 Å². The molecule has 0 saturated carbocycles. The number of halogens is 1. The van der Waals surface area contributed by atoms with E-state index in [1.54, 1.807) is 0 Å². The molecule has 0 aromatic rings. The van der Waals surface area contributed by atoms with Gasteiger partial charge in [-0.15, -0.1) is 24.0 Å². The maximum Gasteiger partial charge on any atom is 0.189 e. The average molecular weight is 397 g/mol. The second kappa shape index (κ2) is 7.79. The quantitative estimate of drug-likeness (QED) is 0.429. The molecule has 0 aromatic heterocycles. The van der Waals surface area contributed by atoms with Crippen molar-refractivity contribution in [2.75, 3.05) is 39.8 Å². The lowest BCUT2D eigenvalue weighted by atomic mass is 10.00. The van der Waals surface area contributed by atoms with Crippen molar-refractivity contribution >= 4 is 29.9 Å². The molecular formula is C14H32IN5. The number of hydrogen-bond donors (Lipinski definition) is 2. The van der Waals surface area contributed by atoms with Crippen molar-refractivity contribution in [1.82, 2.24) is 15.1 Å². The van der Waals surface area contributed by atoms with Crippen LogP contribution in [0.1, 0.15) is 34.6 Å². The van der Waals surface area contributed by atoms with Crippen LogP contribution in [0.5, 0.6) is 0 Å². The van der Waals surface area contributed by atoms with Crippen LogP contribution in [-0.2, 0) is 0 Å². The number of aliphatic imine (C=N–C) groups is 1. The van der Waals surface area contributed by atoms with Crippen LogP contribution in [0.25, 0.3) is 0 Å². The Kier molecular flexibility index (Phi) is 7.76. The molecule has 0 amide bonds. The molecule has 1 aliphatic heterocycles. The summed E-state index contributed by atoms with van der Waals surface area (Å²) in [7, 11) is 2.20. The van der Waals surface area contributed by atoms with E-state index in [0.29, 0.717) is 5.96 Å². The van der Waals surface area contributed by atoms with Crippen molar-refractivity contribution in [2.24, 2.45) is 10.7 Å². The number of hydrogen-bond acceptors (Lipinski definition) is 3. The predicted octanol–water partition coefficient (Wildman–Crippen LogP) is 1.33. The van der Waals surface area contributed by atoms with E-state index in [-0.39, 0.29) is 35.1 Å². The van der Waals surface area contributed by atoms with E-state index in [4.69, 9.17) is 5.73 Å². The molecule has 0 atom stereocenters. The Labute approximate surface area is 141 Å². The topological polar surface area (TPSA) is 56.9 Å². The third-order valence-electron chi connectivity index (χ3n) is 3.60. The van der Waals surface area contributed by atoms with Crippen molar-refractivity contribution in [3.63, 3.8) is 0 Å². The first kappa shape index (κ1) is 19.9. The first-order valence-corrected chi connectivity index (χ1v) is 7.12. The van der Waals surface area contributed by atoms with Gasteiger partial charge in [0, 0.05) is 37.3 Å². The summed E-state index contributed by atoms with van der Waals surface area (Å²) in [5, 5.41) is 3.18. The van der Waals surface area contributed by atoms with Gasteiger partial charge in [-0.3, -0.25) is 14.8 Å². The molecule has 1 fully saturated rings. The molecule has 0 spiro atoms. The molecule has 1 aliphatic rings. The summed E-state index contributed by atoms with van der Waals surface area (Å²) in [4.78, 5) is 9.28. The molecule has 0 aliphatic carbocycles. The molecule has 1 rings (SSSR count). The van der Waals surface area contributed by atoms with Crippen molar-refractivity contribution in [2.45, 2.75) is 45.7 Å². The van der Waals surface area contributed by atoms with Gasteiger partial charge in [0.15, 0.2) is 5.96 Å². The Hall–Kier alpha value is -0.0800. The van der Waals surface area contributed by atoms with Crippen molar-refractivity contribution in [3.8, 4) is 0 Å². The lowest BCUT2D eigenvalue weighted by molar-refractivity contribution is 0.0419. The summed E-state index contributed by atoms with van der Waals surface area (Å²) in [6.45, 7) is 15.9. The lowest BCUT2D eigenvalue weighted by Crippen LogP contribution is -2.57. The van der Waals surface area contributed by atoms with E-state index in [1.807, 2.05) is 0 Å². The number of piperazine rings is 1. The van der Waals surface area contributed by atoms with Gasteiger partial charge < -0.3 is 11.1 Å². The molecule has 3 N–H and O–H groups in total. The largest absolute Gasteiger partial charge is 0.370 e. The molecule has 0 aromatic carbocycles. The Bertz CT molecular complexity index is 322. The number of guanidine groups is 1. The predicted molar refractivity (Wildman–Crippen MR) is 97.9 cm³/mol. The zero-order valence-electron chi connectivity index (χ0n) is 13.9. The SMILES string of the molecule is CN1CCN(CCN=C(N)NC(C)(C)C)CC1(C)C.I. The second-order valence-electron chi connectivity index (χ2n) is 7.15. The van der Waals surface area contributed by atoms with Crippen LogP contribution >= 0.6 is 24.0 Å². The second-order valence-corrected chi connectivity index (χ2v) is 7.15. The number of likely N-dealkylation sites (N-methyl/N-ethyl adjacent to an activating group) is 1. The number of nitrogens with one attached hydrogen (secondary N) is 1. The van der Waals surface area contributed by atoms with Crippen molar-refractivity contribution in [1.29, 1.82) is 0 Å². The van der Waals surface area contributed by atoms with E-state index in [1.165, 1.54) is 0 Å². The fourth-order valence-corrected chi connectivity index (χ4v) is 2.27. The van der Waals surface area contributed by atoms with Crippen molar-refractivity contribution < 1.29 is 0 Å². The van der Waals surface area contributed by atoms with Crippen LogP contribution in [0.3, 0.4) is 0 Å². The van der Waals surface area contributed by atoms with Gasteiger partial charge in [0.25, 0.3) is 0 Å². The highest BCUT2D eigenvalue weighted by molar-refractivity contribution is 14.0. The summed E-state index contributed by atoms with van der Waals surface area (Å²) in [5.41, 5.74) is 6.09. The third-order valence-corrected chi connectivity index (χ3v) is 3.60. The summed E-state index contributed by atoms with van der Waals surface area (Å²) in [6, 6.07) is 0. The van der Waals surface area contributed by atoms with Crippen LogP contribution in [0.2, 0.25) is 0 Å². The zero-order valence-corrected chi connectivity index (χ0v) is 16.2. The standard InChI is InChI=1S/C14H31N5.HI/c1-13(2,3)17-12(15)16-7-8-19-10-9-18(6)14(4,5)11-19;/h7-11H2,1-6H3,(H3,15,16,17);1H. The van der Waals surface area contributed by atoms with Gasteiger partial charge in [-0.2, -0.15) is 0 Å². The number of rotatable bonds is 3. The molecule has 0 radical (unpaired) electrons. The molecule has 0 bridgehead atoms. The molecule has 120 valence electrons. The van der Waals surface area contributed by atoms with Crippen LogP contribution in [0.15, 0.2) is 4.99 Å². The average Bonchev–Trinajstić information content (AvgIpc) is 2.20. The van der Waals surface area contributed by atoms with Gasteiger partial charge in [0.2, 0.25) is 0 Å². The Morgan fingerprint density at radius 1 is 1.30 bits per heavy atom. The van der Waals surface area contributed by atoms with E-state index in [9.17, 15) is 0 Å². The van der Waals surface area contributed by atoms with Crippen LogP contribution in [-0.4, -0.2) is 66.6 Å². The van der Waals surface area contributed by atoms with Gasteiger partial charge in [0.05, 0.1) is 6.54 Å². The minimum atomic E-state index is -0.0244. The number of nitrogens with two attached hydrogens (primary N) is 1. The monoisotopic (exact) mass is 397 g/mol. The van der Waals surface area contributed by atoms with Crippen LogP contribution in [0, 0.1) is 0 Å². The molecule has 20 heavy (non-hydrogen) atoms. The van der Waals surface area contributed by atoms with Gasteiger partial charge in [-0.25, -0.2) is 0 Å². The molecule has 0 unspecified atom stereocenters. The number of nitrogens with zero attached hydrogens (tertiary/aromatic N) is 3. The summed E-state index contributed by atoms with van der Waals surface area (Å²) < 4.78 is 0. The third kappa shape index (κ3) is 7.08. The Morgan fingerprint density at radius 3 is 2.40 bits per heavy atom. The molecule has 1 saturated heterocycles. The fraction of sp³-hybridized carbons (Fsp3) is 0.929. The maximum absolute atomic E-state index is 5.86.